The fourth-order valence-electron chi connectivity index (χ4n) is 2.13. The lowest BCUT2D eigenvalue weighted by molar-refractivity contribution is -0.140. The van der Waals surface area contributed by atoms with Crippen LogP contribution in [-0.4, -0.2) is 9.78 Å². The summed E-state index contributed by atoms with van der Waals surface area (Å²) in [5.41, 5.74) is 6.24. The van der Waals surface area contributed by atoms with E-state index in [1.54, 1.807) is 13.1 Å². The van der Waals surface area contributed by atoms with E-state index in [0.717, 1.165) is 17.8 Å². The van der Waals surface area contributed by atoms with Gasteiger partial charge in [-0.15, -0.1) is 0 Å². The molecule has 1 aromatic heterocycles. The lowest BCUT2D eigenvalue weighted by atomic mass is 10.0. The molecule has 0 bridgehead atoms. The third kappa shape index (κ3) is 3.07. The quantitative estimate of drug-likeness (QED) is 0.885. The number of nitrogens with two attached hydrogens (primary N) is 1. The Hall–Kier alpha value is -1.89. The van der Waals surface area contributed by atoms with Gasteiger partial charge in [-0.1, -0.05) is 13.0 Å². The molecule has 1 heterocycles. The molecule has 0 radical (unpaired) electrons. The van der Waals surface area contributed by atoms with Crippen molar-refractivity contribution in [2.24, 2.45) is 12.8 Å². The van der Waals surface area contributed by atoms with Gasteiger partial charge in [-0.3, -0.25) is 4.68 Å². The van der Waals surface area contributed by atoms with Gasteiger partial charge in [0.15, 0.2) is 0 Å². The van der Waals surface area contributed by atoms with E-state index in [1.165, 1.54) is 10.7 Å². The van der Waals surface area contributed by atoms with E-state index in [4.69, 9.17) is 5.73 Å². The van der Waals surface area contributed by atoms with Crippen LogP contribution in [0.25, 0.3) is 0 Å². The molecule has 1 atom stereocenters. The molecule has 0 aliphatic carbocycles. The van der Waals surface area contributed by atoms with Crippen LogP contribution >= 0.6 is 0 Å². The molecule has 0 fully saturated rings. The van der Waals surface area contributed by atoms with E-state index in [2.05, 4.69) is 5.10 Å². The maximum absolute atomic E-state index is 13.3. The second-order valence-electron chi connectivity index (χ2n) is 4.75. The van der Waals surface area contributed by atoms with Crippen LogP contribution in [-0.2, 0) is 19.6 Å². The zero-order valence-electron chi connectivity index (χ0n) is 11.6. The van der Waals surface area contributed by atoms with Gasteiger partial charge < -0.3 is 5.73 Å². The molecular weight excluding hydrogens is 286 g/mol. The number of aromatic nitrogens is 2. The molecule has 114 valence electrons. The molecule has 7 heteroatoms. The highest BCUT2D eigenvalue weighted by Gasteiger charge is 2.34. The molecule has 0 spiro atoms. The predicted octanol–water partition coefficient (Wildman–Crippen LogP) is 3.19. The molecule has 2 N–H and O–H groups in total. The van der Waals surface area contributed by atoms with Crippen LogP contribution in [0.3, 0.4) is 0 Å². The predicted molar refractivity (Wildman–Crippen MR) is 70.0 cm³/mol. The van der Waals surface area contributed by atoms with Crippen LogP contribution in [0.2, 0.25) is 0 Å². The summed E-state index contributed by atoms with van der Waals surface area (Å²) in [6.45, 7) is 1.91. The van der Waals surface area contributed by atoms with Crippen LogP contribution in [0, 0.1) is 5.82 Å². The Balaban J connectivity index is 2.44. The van der Waals surface area contributed by atoms with Crippen LogP contribution in [0.4, 0.5) is 17.6 Å². The average Bonchev–Trinajstić information content (AvgIpc) is 2.78. The first-order valence-corrected chi connectivity index (χ1v) is 6.39. The van der Waals surface area contributed by atoms with E-state index < -0.39 is 23.6 Å². The summed E-state index contributed by atoms with van der Waals surface area (Å²) < 4.78 is 53.0. The Morgan fingerprint density at radius 3 is 2.48 bits per heavy atom. The molecule has 0 amide bonds. The number of alkyl halides is 3. The van der Waals surface area contributed by atoms with Crippen LogP contribution < -0.4 is 5.73 Å². The minimum Gasteiger partial charge on any atom is -0.319 e. The fraction of sp³-hybridized carbons (Fsp3) is 0.357. The van der Waals surface area contributed by atoms with Crippen LogP contribution in [0.5, 0.6) is 0 Å². The Morgan fingerprint density at radius 2 is 1.95 bits per heavy atom. The lowest BCUT2D eigenvalue weighted by Crippen LogP contribution is -2.17. The second-order valence-corrected chi connectivity index (χ2v) is 4.75. The van der Waals surface area contributed by atoms with Gasteiger partial charge >= 0.3 is 6.18 Å². The van der Waals surface area contributed by atoms with Crippen molar-refractivity contribution in [3.05, 3.63) is 52.6 Å². The van der Waals surface area contributed by atoms with Crippen molar-refractivity contribution in [1.82, 2.24) is 9.78 Å². The zero-order chi connectivity index (χ0) is 15.8. The number of rotatable bonds is 3. The Bertz CT molecular complexity index is 646. The first kappa shape index (κ1) is 15.5. The summed E-state index contributed by atoms with van der Waals surface area (Å²) in [5.74, 6) is -1.31. The smallest absolute Gasteiger partial charge is 0.319 e. The molecule has 0 saturated carbocycles. The average molecular weight is 301 g/mol. The maximum Gasteiger partial charge on any atom is 0.419 e. The van der Waals surface area contributed by atoms with Gasteiger partial charge in [0.2, 0.25) is 0 Å². The summed E-state index contributed by atoms with van der Waals surface area (Å²) in [6.07, 6.45) is -4.06. The van der Waals surface area contributed by atoms with E-state index in [-0.39, 0.29) is 5.56 Å². The van der Waals surface area contributed by atoms with Gasteiger partial charge in [0, 0.05) is 7.05 Å². The molecule has 3 nitrogen and oxygen atoms in total. The number of hydrogen-bond donors (Lipinski definition) is 1. The molecule has 1 unspecified atom stereocenters. The Morgan fingerprint density at radius 1 is 1.29 bits per heavy atom. The van der Waals surface area contributed by atoms with E-state index in [1.807, 2.05) is 6.92 Å². The SMILES string of the molecule is CCc1cc(C(N)c2ccc(F)c(C(F)(F)F)c2)n(C)n1. The molecule has 0 aliphatic rings. The highest BCUT2D eigenvalue weighted by Crippen LogP contribution is 2.33. The number of hydrogen-bond acceptors (Lipinski definition) is 2. The second kappa shape index (κ2) is 5.48. The van der Waals surface area contributed by atoms with Gasteiger partial charge in [-0.25, -0.2) is 4.39 Å². The standard InChI is InChI=1S/C14H15F4N3/c1-3-9-7-12(21(2)20-9)13(19)8-4-5-11(15)10(6-8)14(16,17)18/h4-7,13H,3,19H2,1-2H3. The number of nitrogens with zero attached hydrogens (tertiary/aromatic N) is 2. The Kier molecular flexibility index (Phi) is 4.04. The Labute approximate surface area is 119 Å². The highest BCUT2D eigenvalue weighted by molar-refractivity contribution is 5.34. The van der Waals surface area contributed by atoms with Crippen molar-refractivity contribution in [2.45, 2.75) is 25.6 Å². The fourth-order valence-corrected chi connectivity index (χ4v) is 2.13. The topological polar surface area (TPSA) is 43.8 Å². The summed E-state index contributed by atoms with van der Waals surface area (Å²) in [4.78, 5) is 0. The molecule has 0 aliphatic heterocycles. The van der Waals surface area contributed by atoms with Crippen molar-refractivity contribution in [1.29, 1.82) is 0 Å². The number of halogens is 4. The molecule has 2 aromatic rings. The molecular formula is C14H15F4N3. The van der Waals surface area contributed by atoms with Crippen molar-refractivity contribution in [3.8, 4) is 0 Å². The van der Waals surface area contributed by atoms with Crippen LogP contribution in [0.1, 0.15) is 35.5 Å². The van der Waals surface area contributed by atoms with Crippen molar-refractivity contribution >= 4 is 0 Å². The first-order chi connectivity index (χ1) is 9.74. The molecule has 1 aromatic carbocycles. The van der Waals surface area contributed by atoms with Gasteiger partial charge in [-0.2, -0.15) is 18.3 Å². The van der Waals surface area contributed by atoms with Gasteiger partial charge in [0.1, 0.15) is 5.82 Å². The van der Waals surface area contributed by atoms with Crippen molar-refractivity contribution in [2.75, 3.05) is 0 Å². The van der Waals surface area contributed by atoms with Gasteiger partial charge in [0.05, 0.1) is 23.0 Å². The first-order valence-electron chi connectivity index (χ1n) is 6.39. The van der Waals surface area contributed by atoms with E-state index in [0.29, 0.717) is 12.1 Å². The molecule has 0 saturated heterocycles. The summed E-state index contributed by atoms with van der Waals surface area (Å²) in [5, 5.41) is 4.20. The number of benzene rings is 1. The minimum atomic E-state index is -4.75. The maximum atomic E-state index is 13.3. The summed E-state index contributed by atoms with van der Waals surface area (Å²) >= 11 is 0. The monoisotopic (exact) mass is 301 g/mol. The zero-order valence-corrected chi connectivity index (χ0v) is 11.6. The van der Waals surface area contributed by atoms with Crippen molar-refractivity contribution < 1.29 is 17.6 Å². The van der Waals surface area contributed by atoms with Gasteiger partial charge in [-0.05, 0) is 30.2 Å². The third-order valence-electron chi connectivity index (χ3n) is 3.30. The largest absolute Gasteiger partial charge is 0.419 e. The third-order valence-corrected chi connectivity index (χ3v) is 3.30. The van der Waals surface area contributed by atoms with E-state index >= 15 is 0 Å². The normalized spacial score (nSPS) is 13.5. The highest BCUT2D eigenvalue weighted by atomic mass is 19.4. The number of aryl methyl sites for hydroxylation is 2. The minimum absolute atomic E-state index is 0.189. The van der Waals surface area contributed by atoms with Crippen LogP contribution in [0.15, 0.2) is 24.3 Å². The van der Waals surface area contributed by atoms with Crippen molar-refractivity contribution in [3.63, 3.8) is 0 Å². The summed E-state index contributed by atoms with van der Waals surface area (Å²) in [7, 11) is 1.67. The lowest BCUT2D eigenvalue weighted by Gasteiger charge is -2.15. The molecule has 21 heavy (non-hydrogen) atoms. The molecule has 2 rings (SSSR count). The summed E-state index contributed by atoms with van der Waals surface area (Å²) in [6, 6.07) is 3.73. The van der Waals surface area contributed by atoms with Gasteiger partial charge in [0.25, 0.3) is 0 Å². The van der Waals surface area contributed by atoms with E-state index in [9.17, 15) is 17.6 Å².